The summed E-state index contributed by atoms with van der Waals surface area (Å²) in [6.07, 6.45) is 2.68. The summed E-state index contributed by atoms with van der Waals surface area (Å²) < 4.78 is 5.73. The number of pyridine rings is 1. The van der Waals surface area contributed by atoms with Gasteiger partial charge in [-0.05, 0) is 23.6 Å². The van der Waals surface area contributed by atoms with Gasteiger partial charge in [0.2, 0.25) is 0 Å². The summed E-state index contributed by atoms with van der Waals surface area (Å²) in [6, 6.07) is 11.9. The van der Waals surface area contributed by atoms with E-state index in [1.807, 2.05) is 36.4 Å². The summed E-state index contributed by atoms with van der Waals surface area (Å²) in [5.74, 6) is 0.667. The number of ether oxygens (including phenoxy) is 1. The van der Waals surface area contributed by atoms with Crippen LogP contribution in [0.3, 0.4) is 0 Å². The van der Waals surface area contributed by atoms with Gasteiger partial charge in [0.25, 0.3) is 0 Å². The molecule has 0 atom stereocenters. The van der Waals surface area contributed by atoms with E-state index >= 15 is 0 Å². The minimum atomic E-state index is -0.103. The van der Waals surface area contributed by atoms with Crippen LogP contribution >= 0.6 is 0 Å². The van der Waals surface area contributed by atoms with Gasteiger partial charge in [-0.15, -0.1) is 0 Å². The third-order valence-corrected chi connectivity index (χ3v) is 2.78. The minimum Gasteiger partial charge on any atom is -0.487 e. The molecule has 0 aliphatic heterocycles. The van der Waals surface area contributed by atoms with Gasteiger partial charge in [0.05, 0.1) is 6.61 Å². The molecule has 0 saturated heterocycles. The van der Waals surface area contributed by atoms with E-state index in [-0.39, 0.29) is 6.61 Å². The highest BCUT2D eigenvalue weighted by Gasteiger charge is 2.06. The molecule has 2 aromatic rings. The Balaban J connectivity index is 2.12. The van der Waals surface area contributed by atoms with Gasteiger partial charge in [-0.3, -0.25) is 4.98 Å². The second kappa shape index (κ2) is 6.17. The first-order valence-corrected chi connectivity index (χ1v) is 6.09. The van der Waals surface area contributed by atoms with E-state index in [1.165, 1.54) is 0 Å². The van der Waals surface area contributed by atoms with Crippen LogP contribution in [0.5, 0.6) is 5.75 Å². The van der Waals surface area contributed by atoms with Crippen molar-refractivity contribution in [2.75, 3.05) is 0 Å². The van der Waals surface area contributed by atoms with Crippen molar-refractivity contribution in [1.29, 1.82) is 0 Å². The number of benzene rings is 1. The topological polar surface area (TPSA) is 42.4 Å². The molecule has 0 amide bonds. The Kier molecular flexibility index (Phi) is 4.31. The molecule has 0 fully saturated rings. The molecule has 18 heavy (non-hydrogen) atoms. The van der Waals surface area contributed by atoms with Crippen LogP contribution in [0.15, 0.2) is 42.6 Å². The van der Waals surface area contributed by atoms with Gasteiger partial charge in [-0.2, -0.15) is 0 Å². The molecule has 1 aromatic carbocycles. The Bertz CT molecular complexity index is 497. The van der Waals surface area contributed by atoms with Crippen LogP contribution in [-0.2, 0) is 19.6 Å². The van der Waals surface area contributed by atoms with E-state index in [1.54, 1.807) is 6.20 Å². The van der Waals surface area contributed by atoms with Crippen LogP contribution in [0.2, 0.25) is 0 Å². The van der Waals surface area contributed by atoms with Crippen LogP contribution in [0, 0.1) is 0 Å². The van der Waals surface area contributed by atoms with Crippen molar-refractivity contribution in [2.45, 2.75) is 26.6 Å². The fourth-order valence-corrected chi connectivity index (χ4v) is 1.69. The van der Waals surface area contributed by atoms with Gasteiger partial charge in [0.1, 0.15) is 18.1 Å². The molecule has 2 rings (SSSR count). The van der Waals surface area contributed by atoms with Crippen molar-refractivity contribution in [3.8, 4) is 5.75 Å². The number of aliphatic hydroxyl groups is 1. The van der Waals surface area contributed by atoms with Gasteiger partial charge >= 0.3 is 0 Å². The maximum atomic E-state index is 9.24. The van der Waals surface area contributed by atoms with Crippen LogP contribution in [0.1, 0.15) is 23.7 Å². The lowest BCUT2D eigenvalue weighted by molar-refractivity contribution is 0.253. The highest BCUT2D eigenvalue weighted by Crippen LogP contribution is 2.19. The molecular formula is C15H17NO2. The van der Waals surface area contributed by atoms with Crippen molar-refractivity contribution in [1.82, 2.24) is 4.98 Å². The largest absolute Gasteiger partial charge is 0.487 e. The third-order valence-electron chi connectivity index (χ3n) is 2.78. The van der Waals surface area contributed by atoms with Gasteiger partial charge in [0.15, 0.2) is 0 Å². The molecule has 1 aromatic heterocycles. The van der Waals surface area contributed by atoms with E-state index in [2.05, 4.69) is 11.9 Å². The number of hydrogen-bond acceptors (Lipinski definition) is 3. The standard InChI is InChI=1S/C15H17NO2/c1-2-12-8-15(14(10-17)16-9-12)18-11-13-6-4-3-5-7-13/h3-9,17H,2,10-11H2,1H3. The summed E-state index contributed by atoms with van der Waals surface area (Å²) >= 11 is 0. The van der Waals surface area contributed by atoms with Crippen LogP contribution in [-0.4, -0.2) is 10.1 Å². The zero-order valence-corrected chi connectivity index (χ0v) is 10.5. The second-order valence-electron chi connectivity index (χ2n) is 4.07. The van der Waals surface area contributed by atoms with Gasteiger partial charge < -0.3 is 9.84 Å². The predicted molar refractivity (Wildman–Crippen MR) is 70.3 cm³/mol. The van der Waals surface area contributed by atoms with E-state index in [9.17, 15) is 5.11 Å². The minimum absolute atomic E-state index is 0.103. The Hall–Kier alpha value is -1.87. The molecular weight excluding hydrogens is 226 g/mol. The second-order valence-corrected chi connectivity index (χ2v) is 4.07. The Morgan fingerprint density at radius 1 is 1.17 bits per heavy atom. The predicted octanol–water partition coefficient (Wildman–Crippen LogP) is 2.72. The molecule has 94 valence electrons. The van der Waals surface area contributed by atoms with E-state index in [0.717, 1.165) is 17.5 Å². The molecule has 0 bridgehead atoms. The number of aliphatic hydroxyl groups excluding tert-OH is 1. The average molecular weight is 243 g/mol. The molecule has 3 heteroatoms. The van der Waals surface area contributed by atoms with Crippen molar-refractivity contribution in [2.24, 2.45) is 0 Å². The fraction of sp³-hybridized carbons (Fsp3) is 0.267. The molecule has 0 unspecified atom stereocenters. The normalized spacial score (nSPS) is 10.3. The van der Waals surface area contributed by atoms with Crippen molar-refractivity contribution >= 4 is 0 Å². The Morgan fingerprint density at radius 2 is 1.94 bits per heavy atom. The first-order valence-electron chi connectivity index (χ1n) is 6.09. The monoisotopic (exact) mass is 243 g/mol. The number of nitrogens with zero attached hydrogens (tertiary/aromatic N) is 1. The average Bonchev–Trinajstić information content (AvgIpc) is 2.45. The maximum absolute atomic E-state index is 9.24. The molecule has 0 spiro atoms. The first kappa shape index (κ1) is 12.6. The lowest BCUT2D eigenvalue weighted by Gasteiger charge is -2.10. The summed E-state index contributed by atoms with van der Waals surface area (Å²) in [7, 11) is 0. The van der Waals surface area contributed by atoms with Crippen LogP contribution in [0.25, 0.3) is 0 Å². The Labute approximate surface area is 107 Å². The zero-order chi connectivity index (χ0) is 12.8. The zero-order valence-electron chi connectivity index (χ0n) is 10.5. The van der Waals surface area contributed by atoms with E-state index < -0.39 is 0 Å². The molecule has 0 saturated carbocycles. The quantitative estimate of drug-likeness (QED) is 0.878. The summed E-state index contributed by atoms with van der Waals surface area (Å²) in [6.45, 7) is 2.45. The van der Waals surface area contributed by atoms with Crippen LogP contribution < -0.4 is 4.74 Å². The summed E-state index contributed by atoms with van der Waals surface area (Å²) in [4.78, 5) is 4.21. The molecule has 1 N–H and O–H groups in total. The maximum Gasteiger partial charge on any atom is 0.143 e. The molecule has 0 radical (unpaired) electrons. The SMILES string of the molecule is CCc1cnc(CO)c(OCc2ccccc2)c1. The fourth-order valence-electron chi connectivity index (χ4n) is 1.69. The number of hydrogen-bond donors (Lipinski definition) is 1. The molecule has 1 heterocycles. The first-order chi connectivity index (χ1) is 8.83. The van der Waals surface area contributed by atoms with E-state index in [4.69, 9.17) is 4.74 Å². The molecule has 0 aliphatic rings. The van der Waals surface area contributed by atoms with Crippen LogP contribution in [0.4, 0.5) is 0 Å². The summed E-state index contributed by atoms with van der Waals surface area (Å²) in [5, 5.41) is 9.24. The lowest BCUT2D eigenvalue weighted by atomic mass is 10.2. The van der Waals surface area contributed by atoms with Gasteiger partial charge in [0, 0.05) is 6.20 Å². The number of aromatic nitrogens is 1. The molecule has 0 aliphatic carbocycles. The van der Waals surface area contributed by atoms with E-state index in [0.29, 0.717) is 18.1 Å². The van der Waals surface area contributed by atoms with Crippen molar-refractivity contribution in [3.05, 3.63) is 59.4 Å². The number of aryl methyl sites for hydroxylation is 1. The van der Waals surface area contributed by atoms with Crippen molar-refractivity contribution in [3.63, 3.8) is 0 Å². The Morgan fingerprint density at radius 3 is 2.61 bits per heavy atom. The van der Waals surface area contributed by atoms with Gasteiger partial charge in [-0.25, -0.2) is 0 Å². The van der Waals surface area contributed by atoms with Gasteiger partial charge in [-0.1, -0.05) is 37.3 Å². The molecule has 3 nitrogen and oxygen atoms in total. The smallest absolute Gasteiger partial charge is 0.143 e. The summed E-state index contributed by atoms with van der Waals surface area (Å²) in [5.41, 5.74) is 2.79. The lowest BCUT2D eigenvalue weighted by Crippen LogP contribution is -2.01. The number of rotatable bonds is 5. The highest BCUT2D eigenvalue weighted by atomic mass is 16.5. The third kappa shape index (κ3) is 3.08. The van der Waals surface area contributed by atoms with Crippen molar-refractivity contribution < 1.29 is 9.84 Å². The highest BCUT2D eigenvalue weighted by molar-refractivity contribution is 5.31.